The Hall–Kier alpha value is -4.05. The molecule has 15 heteroatoms. The van der Waals surface area contributed by atoms with Gasteiger partial charge in [-0.15, -0.1) is 0 Å². The molecule has 2 amide bonds. The number of anilines is 1. The number of hydrogen-bond donors (Lipinski definition) is 1. The van der Waals surface area contributed by atoms with Crippen molar-refractivity contribution in [3.8, 4) is 5.75 Å². The normalized spacial score (nSPS) is 20.1. The highest BCUT2D eigenvalue weighted by Crippen LogP contribution is 2.36. The molecule has 49 heavy (non-hydrogen) atoms. The maximum atomic E-state index is 15.6. The average molecular weight is 703 g/mol. The summed E-state index contributed by atoms with van der Waals surface area (Å²) in [4.78, 5) is 46.1. The molecule has 264 valence electrons. The number of likely N-dealkylation sites (N-methyl/N-ethyl adjacent to an activating group) is 1. The molecular formula is C34H42FN5O8S. The van der Waals surface area contributed by atoms with Crippen LogP contribution >= 0.6 is 0 Å². The van der Waals surface area contributed by atoms with Crippen LogP contribution in [0.25, 0.3) is 11.0 Å². The number of aryl methyl sites for hydroxylation is 2. The number of rotatable bonds is 8. The van der Waals surface area contributed by atoms with E-state index in [0.29, 0.717) is 31.1 Å². The van der Waals surface area contributed by atoms with Crippen LogP contribution in [0.4, 0.5) is 10.1 Å². The molecule has 3 aromatic rings. The predicted molar refractivity (Wildman–Crippen MR) is 181 cm³/mol. The largest absolute Gasteiger partial charge is 0.496 e. The maximum absolute atomic E-state index is 15.6. The second-order valence-corrected chi connectivity index (χ2v) is 14.5. The molecule has 0 aliphatic carbocycles. The zero-order valence-electron chi connectivity index (χ0n) is 30.9. The van der Waals surface area contributed by atoms with Crippen LogP contribution in [0.1, 0.15) is 59.9 Å². The highest BCUT2D eigenvalue weighted by molar-refractivity contribution is 7.87. The minimum absolute atomic E-state index is 0.0903. The average Bonchev–Trinajstić information content (AvgIpc) is 3.63. The Morgan fingerprint density at radius 2 is 1.84 bits per heavy atom. The molecule has 2 aromatic carbocycles. The van der Waals surface area contributed by atoms with E-state index in [1.54, 1.807) is 7.11 Å². The molecule has 0 spiro atoms. The van der Waals surface area contributed by atoms with Gasteiger partial charge >= 0.3 is 15.8 Å². The van der Waals surface area contributed by atoms with E-state index in [9.17, 15) is 22.8 Å². The molecule has 3 aliphatic rings. The number of methoxy groups -OCH3 is 2. The Bertz CT molecular complexity index is 2090. The minimum atomic E-state index is -4.30. The van der Waals surface area contributed by atoms with E-state index in [0.717, 1.165) is 57.8 Å². The van der Waals surface area contributed by atoms with Gasteiger partial charge < -0.3 is 23.7 Å². The van der Waals surface area contributed by atoms with Gasteiger partial charge in [-0.1, -0.05) is 0 Å². The molecule has 4 heterocycles. The second kappa shape index (κ2) is 13.7. The van der Waals surface area contributed by atoms with Gasteiger partial charge in [0, 0.05) is 63.0 Å². The van der Waals surface area contributed by atoms with Gasteiger partial charge in [-0.05, 0) is 69.5 Å². The lowest BCUT2D eigenvalue weighted by atomic mass is 9.92. The molecule has 1 aromatic heterocycles. The first kappa shape index (κ1) is 31.0. The van der Waals surface area contributed by atoms with E-state index in [2.05, 4.69) is 22.9 Å². The Balaban J connectivity index is 1.30. The van der Waals surface area contributed by atoms with Gasteiger partial charge in [0.05, 0.1) is 47.0 Å². The number of benzene rings is 2. The number of ether oxygens (including phenoxy) is 2. The SMILES string of the molecule is [2H]C([2H])([2H])Oc1cc(C(=O)N2CCc3c(c(=O)oc4c(C)c(N5CCN(C)[C@@H](COC)C5)cc(C)c34)C2)c(F)cc1C(=O)NS(=O)(=O)N1CCCC1. The fourth-order valence-corrected chi connectivity index (χ4v) is 8.32. The Morgan fingerprint density at radius 3 is 2.55 bits per heavy atom. The summed E-state index contributed by atoms with van der Waals surface area (Å²) in [5.74, 6) is -4.13. The summed E-state index contributed by atoms with van der Waals surface area (Å²) >= 11 is 0. The van der Waals surface area contributed by atoms with Crippen molar-refractivity contribution >= 4 is 38.7 Å². The highest BCUT2D eigenvalue weighted by Gasteiger charge is 2.33. The highest BCUT2D eigenvalue weighted by atomic mass is 32.2. The molecule has 0 unspecified atom stereocenters. The van der Waals surface area contributed by atoms with Crippen LogP contribution in [0.5, 0.6) is 5.75 Å². The van der Waals surface area contributed by atoms with Crippen LogP contribution in [0.3, 0.4) is 0 Å². The van der Waals surface area contributed by atoms with E-state index in [-0.39, 0.29) is 44.2 Å². The third kappa shape index (κ3) is 6.52. The Kier molecular flexibility index (Phi) is 8.65. The van der Waals surface area contributed by atoms with Crippen LogP contribution in [0.2, 0.25) is 0 Å². The van der Waals surface area contributed by atoms with Gasteiger partial charge in [0.1, 0.15) is 17.1 Å². The zero-order chi connectivity index (χ0) is 37.7. The van der Waals surface area contributed by atoms with E-state index in [1.165, 1.54) is 4.90 Å². The Morgan fingerprint density at radius 1 is 1.08 bits per heavy atom. The lowest BCUT2D eigenvalue weighted by Crippen LogP contribution is -2.53. The molecule has 2 fully saturated rings. The van der Waals surface area contributed by atoms with Crippen LogP contribution in [0, 0.1) is 19.7 Å². The number of nitrogens with one attached hydrogen (secondary N) is 1. The summed E-state index contributed by atoms with van der Waals surface area (Å²) in [5, 5.41) is 0.782. The van der Waals surface area contributed by atoms with E-state index < -0.39 is 57.4 Å². The molecule has 0 radical (unpaired) electrons. The van der Waals surface area contributed by atoms with Crippen LogP contribution < -0.4 is 20.0 Å². The van der Waals surface area contributed by atoms with E-state index >= 15 is 4.39 Å². The Labute approximate surface area is 288 Å². The molecule has 1 atom stereocenters. The number of amides is 2. The number of piperazine rings is 1. The van der Waals surface area contributed by atoms with Crippen molar-refractivity contribution in [3.63, 3.8) is 0 Å². The number of fused-ring (bicyclic) bond motifs is 3. The predicted octanol–water partition coefficient (Wildman–Crippen LogP) is 2.59. The summed E-state index contributed by atoms with van der Waals surface area (Å²) in [6, 6.07) is 3.62. The van der Waals surface area contributed by atoms with Crippen molar-refractivity contribution in [1.82, 2.24) is 18.8 Å². The monoisotopic (exact) mass is 702 g/mol. The van der Waals surface area contributed by atoms with Crippen molar-refractivity contribution in [3.05, 3.63) is 67.8 Å². The van der Waals surface area contributed by atoms with Gasteiger partial charge in [-0.3, -0.25) is 14.5 Å². The van der Waals surface area contributed by atoms with Crippen molar-refractivity contribution in [2.45, 2.75) is 45.7 Å². The second-order valence-electron chi connectivity index (χ2n) is 12.9. The first-order valence-electron chi connectivity index (χ1n) is 17.7. The summed E-state index contributed by atoms with van der Waals surface area (Å²) in [6.45, 7) is 7.05. The zero-order valence-corrected chi connectivity index (χ0v) is 28.7. The first-order chi connectivity index (χ1) is 24.5. The van der Waals surface area contributed by atoms with Gasteiger partial charge in [-0.25, -0.2) is 13.9 Å². The van der Waals surface area contributed by atoms with Crippen LogP contribution in [-0.2, 0) is 27.9 Å². The lowest BCUT2D eigenvalue weighted by Gasteiger charge is -2.41. The molecule has 3 aliphatic heterocycles. The van der Waals surface area contributed by atoms with Crippen LogP contribution in [0.15, 0.2) is 27.4 Å². The fourth-order valence-electron chi connectivity index (χ4n) is 7.11. The topological polar surface area (TPSA) is 142 Å². The molecule has 0 saturated carbocycles. The lowest BCUT2D eigenvalue weighted by molar-refractivity contribution is 0.0727. The van der Waals surface area contributed by atoms with E-state index in [4.69, 9.17) is 18.0 Å². The van der Waals surface area contributed by atoms with Gasteiger partial charge in [-0.2, -0.15) is 12.7 Å². The third-order valence-corrected chi connectivity index (χ3v) is 11.3. The first-order valence-corrected chi connectivity index (χ1v) is 17.6. The van der Waals surface area contributed by atoms with E-state index in [1.807, 2.05) is 18.6 Å². The molecule has 2 saturated heterocycles. The number of nitrogens with zero attached hydrogens (tertiary/aromatic N) is 4. The quantitative estimate of drug-likeness (QED) is 0.348. The fraction of sp³-hybridized carbons (Fsp3) is 0.500. The smallest absolute Gasteiger partial charge is 0.341 e. The molecule has 1 N–H and O–H groups in total. The van der Waals surface area contributed by atoms with Gasteiger partial charge in [0.15, 0.2) is 0 Å². The van der Waals surface area contributed by atoms with Crippen molar-refractivity contribution in [2.75, 3.05) is 72.0 Å². The summed E-state index contributed by atoms with van der Waals surface area (Å²) < 4.78 is 83.0. The third-order valence-electron chi connectivity index (χ3n) is 9.83. The van der Waals surface area contributed by atoms with Gasteiger partial charge in [0.2, 0.25) is 0 Å². The number of carbonyl (C=O) groups is 2. The maximum Gasteiger partial charge on any atom is 0.341 e. The van der Waals surface area contributed by atoms with Crippen molar-refractivity contribution in [2.24, 2.45) is 0 Å². The summed E-state index contributed by atoms with van der Waals surface area (Å²) in [5.41, 5.74) is 2.15. The van der Waals surface area contributed by atoms with Crippen molar-refractivity contribution < 1.29 is 40.4 Å². The summed E-state index contributed by atoms with van der Waals surface area (Å²) in [6.07, 6.45) is 1.45. The number of carbonyl (C=O) groups excluding carboxylic acids is 2. The van der Waals surface area contributed by atoms with Crippen molar-refractivity contribution in [1.29, 1.82) is 0 Å². The minimum Gasteiger partial charge on any atom is -0.496 e. The van der Waals surface area contributed by atoms with Crippen LogP contribution in [-0.4, -0.2) is 107 Å². The number of halogens is 1. The standard InChI is InChI=1S/C34H42FN5O8S/c1-20-14-28(38-13-12-37(3)22(17-38)19-46-4)21(2)31-30(20)23-8-11-39(18-26(23)34(43)48-31)33(42)24-16-29(47-5)25(15-27(24)35)32(41)36-49(44,45)40-9-6-7-10-40/h14-16,22H,6-13,17-19H2,1-5H3,(H,36,41)/t22-/m1/s1/i5D3. The molecular weight excluding hydrogens is 657 g/mol. The molecule has 6 rings (SSSR count). The number of hydrogen-bond acceptors (Lipinski definition) is 10. The molecule has 0 bridgehead atoms. The van der Waals surface area contributed by atoms with Gasteiger partial charge in [0.25, 0.3) is 11.8 Å². The summed E-state index contributed by atoms with van der Waals surface area (Å²) in [7, 11) is -3.68. The molecule has 13 nitrogen and oxygen atoms in total.